The van der Waals surface area contributed by atoms with Crippen molar-refractivity contribution in [3.05, 3.63) is 52.8 Å². The highest BCUT2D eigenvalue weighted by atomic mass is 15.3. The summed E-state index contributed by atoms with van der Waals surface area (Å²) >= 11 is 0. The van der Waals surface area contributed by atoms with E-state index in [9.17, 15) is 0 Å². The first kappa shape index (κ1) is 14.8. The molecule has 1 heterocycles. The standard InChI is InChI=1S/C17H25N3/c1-4-16-12-17(20(3)19-16)11-15(18)10-9-14-7-5-13(2)6-8-14/h5-8,12,15H,4,9-11,18H2,1-3H3. The molecule has 1 unspecified atom stereocenters. The molecule has 3 nitrogen and oxygen atoms in total. The molecule has 0 radical (unpaired) electrons. The molecule has 2 rings (SSSR count). The maximum absolute atomic E-state index is 6.26. The van der Waals surface area contributed by atoms with Gasteiger partial charge >= 0.3 is 0 Å². The van der Waals surface area contributed by atoms with Crippen LogP contribution in [0.5, 0.6) is 0 Å². The molecule has 1 atom stereocenters. The molecule has 0 aliphatic rings. The van der Waals surface area contributed by atoms with Gasteiger partial charge in [-0.15, -0.1) is 0 Å². The summed E-state index contributed by atoms with van der Waals surface area (Å²) < 4.78 is 1.96. The summed E-state index contributed by atoms with van der Waals surface area (Å²) in [6.45, 7) is 4.24. The fourth-order valence-corrected chi connectivity index (χ4v) is 2.41. The van der Waals surface area contributed by atoms with Gasteiger partial charge in [0, 0.05) is 25.2 Å². The molecule has 0 fully saturated rings. The average molecular weight is 271 g/mol. The van der Waals surface area contributed by atoms with E-state index in [1.165, 1.54) is 16.8 Å². The van der Waals surface area contributed by atoms with Gasteiger partial charge in [0.25, 0.3) is 0 Å². The summed E-state index contributed by atoms with van der Waals surface area (Å²) in [6.07, 6.45) is 3.93. The second-order valence-corrected chi connectivity index (χ2v) is 5.59. The fourth-order valence-electron chi connectivity index (χ4n) is 2.41. The van der Waals surface area contributed by atoms with Crippen molar-refractivity contribution >= 4 is 0 Å². The van der Waals surface area contributed by atoms with Crippen LogP contribution in [0.25, 0.3) is 0 Å². The van der Waals surface area contributed by atoms with Crippen molar-refractivity contribution in [1.29, 1.82) is 0 Å². The molecule has 3 heteroatoms. The lowest BCUT2D eigenvalue weighted by Crippen LogP contribution is -2.24. The van der Waals surface area contributed by atoms with Gasteiger partial charge in [0.1, 0.15) is 0 Å². The first-order valence-electron chi connectivity index (χ1n) is 7.41. The van der Waals surface area contributed by atoms with Crippen molar-refractivity contribution in [1.82, 2.24) is 9.78 Å². The Balaban J connectivity index is 1.87. The molecular formula is C17H25N3. The molecule has 0 saturated heterocycles. The van der Waals surface area contributed by atoms with E-state index < -0.39 is 0 Å². The molecule has 0 aliphatic carbocycles. The highest BCUT2D eigenvalue weighted by molar-refractivity contribution is 5.21. The predicted octanol–water partition coefficient (Wildman–Crippen LogP) is 2.79. The number of hydrogen-bond donors (Lipinski definition) is 1. The summed E-state index contributed by atoms with van der Waals surface area (Å²) in [6, 6.07) is 11.1. The molecule has 0 amide bonds. The van der Waals surface area contributed by atoms with Gasteiger partial charge in [-0.05, 0) is 37.8 Å². The normalized spacial score (nSPS) is 12.6. The fraction of sp³-hybridized carbons (Fsp3) is 0.471. The molecule has 20 heavy (non-hydrogen) atoms. The van der Waals surface area contributed by atoms with Crippen LogP contribution in [0, 0.1) is 6.92 Å². The minimum absolute atomic E-state index is 0.191. The second kappa shape index (κ2) is 6.71. The van der Waals surface area contributed by atoms with Gasteiger partial charge < -0.3 is 5.73 Å². The lowest BCUT2D eigenvalue weighted by molar-refractivity contribution is 0.577. The number of rotatable bonds is 6. The largest absolute Gasteiger partial charge is 0.327 e. The molecule has 0 aliphatic heterocycles. The van der Waals surface area contributed by atoms with Gasteiger partial charge in [-0.2, -0.15) is 5.10 Å². The first-order chi connectivity index (χ1) is 9.58. The zero-order valence-corrected chi connectivity index (χ0v) is 12.8. The Hall–Kier alpha value is -1.61. The smallest absolute Gasteiger partial charge is 0.0624 e. The molecule has 2 aromatic rings. The molecule has 0 saturated carbocycles. The summed E-state index contributed by atoms with van der Waals surface area (Å²) in [5.74, 6) is 0. The summed E-state index contributed by atoms with van der Waals surface area (Å²) in [5.41, 5.74) is 11.3. The van der Waals surface area contributed by atoms with Gasteiger partial charge in [0.2, 0.25) is 0 Å². The Morgan fingerprint density at radius 2 is 1.95 bits per heavy atom. The van der Waals surface area contributed by atoms with Crippen LogP contribution in [0.15, 0.2) is 30.3 Å². The second-order valence-electron chi connectivity index (χ2n) is 5.59. The lowest BCUT2D eigenvalue weighted by atomic mass is 10.0. The quantitative estimate of drug-likeness (QED) is 0.878. The van der Waals surface area contributed by atoms with Crippen LogP contribution in [0.4, 0.5) is 0 Å². The first-order valence-corrected chi connectivity index (χ1v) is 7.41. The van der Waals surface area contributed by atoms with E-state index in [1.807, 2.05) is 11.7 Å². The van der Waals surface area contributed by atoms with Gasteiger partial charge in [-0.3, -0.25) is 4.68 Å². The van der Waals surface area contributed by atoms with Crippen LogP contribution in [-0.4, -0.2) is 15.8 Å². The van der Waals surface area contributed by atoms with E-state index in [0.29, 0.717) is 0 Å². The van der Waals surface area contributed by atoms with Gasteiger partial charge in [0.05, 0.1) is 5.69 Å². The maximum Gasteiger partial charge on any atom is 0.0624 e. The number of nitrogens with zero attached hydrogens (tertiary/aromatic N) is 2. The minimum atomic E-state index is 0.191. The molecule has 1 aromatic carbocycles. The predicted molar refractivity (Wildman–Crippen MR) is 83.8 cm³/mol. The molecule has 0 bridgehead atoms. The van der Waals surface area contributed by atoms with Crippen LogP contribution in [-0.2, 0) is 26.3 Å². The Morgan fingerprint density at radius 1 is 1.25 bits per heavy atom. The maximum atomic E-state index is 6.26. The van der Waals surface area contributed by atoms with E-state index in [-0.39, 0.29) is 6.04 Å². The van der Waals surface area contributed by atoms with E-state index in [1.54, 1.807) is 0 Å². The van der Waals surface area contributed by atoms with Crippen molar-refractivity contribution in [2.75, 3.05) is 0 Å². The molecule has 2 N–H and O–H groups in total. The summed E-state index contributed by atoms with van der Waals surface area (Å²) in [7, 11) is 2.00. The van der Waals surface area contributed by atoms with Crippen LogP contribution in [0.2, 0.25) is 0 Å². The monoisotopic (exact) mass is 271 g/mol. The SMILES string of the molecule is CCc1cc(CC(N)CCc2ccc(C)cc2)n(C)n1. The number of nitrogens with two attached hydrogens (primary N) is 1. The number of aryl methyl sites for hydroxylation is 4. The zero-order chi connectivity index (χ0) is 14.5. The Morgan fingerprint density at radius 3 is 2.55 bits per heavy atom. The summed E-state index contributed by atoms with van der Waals surface area (Å²) in [4.78, 5) is 0. The third kappa shape index (κ3) is 3.94. The number of benzene rings is 1. The Kier molecular flexibility index (Phi) is 4.96. The molecule has 108 valence electrons. The highest BCUT2D eigenvalue weighted by Gasteiger charge is 2.09. The third-order valence-electron chi connectivity index (χ3n) is 3.79. The van der Waals surface area contributed by atoms with E-state index in [4.69, 9.17) is 5.73 Å². The highest BCUT2D eigenvalue weighted by Crippen LogP contribution is 2.11. The molecule has 1 aromatic heterocycles. The van der Waals surface area contributed by atoms with Crippen LogP contribution in [0.1, 0.15) is 35.9 Å². The Bertz CT molecular complexity index is 540. The van der Waals surface area contributed by atoms with E-state index >= 15 is 0 Å². The van der Waals surface area contributed by atoms with E-state index in [2.05, 4.69) is 49.3 Å². The van der Waals surface area contributed by atoms with Crippen LogP contribution in [0.3, 0.4) is 0 Å². The van der Waals surface area contributed by atoms with Crippen molar-refractivity contribution in [3.8, 4) is 0 Å². The lowest BCUT2D eigenvalue weighted by Gasteiger charge is -2.11. The van der Waals surface area contributed by atoms with Gasteiger partial charge in [-0.1, -0.05) is 36.8 Å². The van der Waals surface area contributed by atoms with Crippen molar-refractivity contribution in [3.63, 3.8) is 0 Å². The van der Waals surface area contributed by atoms with Gasteiger partial charge in [-0.25, -0.2) is 0 Å². The number of aromatic nitrogens is 2. The molecular weight excluding hydrogens is 246 g/mol. The van der Waals surface area contributed by atoms with Crippen LogP contribution >= 0.6 is 0 Å². The summed E-state index contributed by atoms with van der Waals surface area (Å²) in [5, 5.41) is 4.47. The van der Waals surface area contributed by atoms with Gasteiger partial charge in [0.15, 0.2) is 0 Å². The average Bonchev–Trinajstić information content (AvgIpc) is 2.79. The zero-order valence-electron chi connectivity index (χ0n) is 12.8. The molecule has 0 spiro atoms. The Labute approximate surface area is 121 Å². The van der Waals surface area contributed by atoms with E-state index in [0.717, 1.165) is 31.4 Å². The van der Waals surface area contributed by atoms with Crippen LogP contribution < -0.4 is 5.73 Å². The topological polar surface area (TPSA) is 43.8 Å². The third-order valence-corrected chi connectivity index (χ3v) is 3.79. The van der Waals surface area contributed by atoms with Crippen molar-refractivity contribution < 1.29 is 0 Å². The number of hydrogen-bond acceptors (Lipinski definition) is 2. The minimum Gasteiger partial charge on any atom is -0.327 e. The van der Waals surface area contributed by atoms with Crippen molar-refractivity contribution in [2.24, 2.45) is 12.8 Å². The van der Waals surface area contributed by atoms with Crippen molar-refractivity contribution in [2.45, 2.75) is 45.6 Å².